The Bertz CT molecular complexity index is 748. The summed E-state index contributed by atoms with van der Waals surface area (Å²) in [4.78, 5) is 3.90. The third kappa shape index (κ3) is 3.79. The number of halogens is 1. The van der Waals surface area contributed by atoms with Crippen LogP contribution in [-0.2, 0) is 23.2 Å². The van der Waals surface area contributed by atoms with Gasteiger partial charge in [0, 0.05) is 12.7 Å². The van der Waals surface area contributed by atoms with Gasteiger partial charge in [0.1, 0.15) is 10.0 Å². The highest BCUT2D eigenvalue weighted by molar-refractivity contribution is 7.89. The molecule has 0 fully saturated rings. The molecule has 2 rings (SSSR count). The normalized spacial score (nSPS) is 11.6. The summed E-state index contributed by atoms with van der Waals surface area (Å²) in [7, 11) is -3.68. The molecule has 0 spiro atoms. The van der Waals surface area contributed by atoms with E-state index in [-0.39, 0.29) is 23.2 Å². The first kappa shape index (κ1) is 15.9. The van der Waals surface area contributed by atoms with Crippen LogP contribution in [0.1, 0.15) is 16.7 Å². The fourth-order valence-corrected chi connectivity index (χ4v) is 2.96. The van der Waals surface area contributed by atoms with E-state index in [1.165, 1.54) is 12.3 Å². The number of pyridine rings is 1. The molecule has 5 nitrogen and oxygen atoms in total. The minimum atomic E-state index is -3.68. The van der Waals surface area contributed by atoms with Gasteiger partial charge >= 0.3 is 0 Å². The summed E-state index contributed by atoms with van der Waals surface area (Å²) in [6, 6.07) is 8.56. The largest absolute Gasteiger partial charge is 0.392 e. The van der Waals surface area contributed by atoms with Crippen LogP contribution < -0.4 is 4.72 Å². The highest BCUT2D eigenvalue weighted by Gasteiger charge is 2.16. The molecule has 0 amide bonds. The molecule has 1 aromatic carbocycles. The quantitative estimate of drug-likeness (QED) is 0.824. The van der Waals surface area contributed by atoms with Gasteiger partial charge in [-0.05, 0) is 29.7 Å². The molecule has 0 atom stereocenters. The van der Waals surface area contributed by atoms with Crippen LogP contribution in [0.5, 0.6) is 0 Å². The summed E-state index contributed by atoms with van der Waals surface area (Å²) in [6.45, 7) is 1.65. The van der Waals surface area contributed by atoms with E-state index < -0.39 is 10.0 Å². The van der Waals surface area contributed by atoms with Gasteiger partial charge in [-0.1, -0.05) is 35.9 Å². The second kappa shape index (κ2) is 6.53. The fourth-order valence-electron chi connectivity index (χ4n) is 1.82. The van der Waals surface area contributed by atoms with Crippen molar-refractivity contribution in [2.24, 2.45) is 0 Å². The van der Waals surface area contributed by atoms with Crippen LogP contribution in [0.4, 0.5) is 0 Å². The lowest BCUT2D eigenvalue weighted by Crippen LogP contribution is -2.24. The second-order valence-corrected chi connectivity index (χ2v) is 6.66. The third-order valence-corrected chi connectivity index (χ3v) is 4.80. The third-order valence-electron chi connectivity index (χ3n) is 3.04. The van der Waals surface area contributed by atoms with E-state index in [2.05, 4.69) is 9.71 Å². The Kier molecular flexibility index (Phi) is 4.95. The van der Waals surface area contributed by atoms with E-state index in [4.69, 9.17) is 11.6 Å². The molecule has 112 valence electrons. The lowest BCUT2D eigenvalue weighted by Gasteiger charge is -2.10. The van der Waals surface area contributed by atoms with Gasteiger partial charge in [-0.2, -0.15) is 0 Å². The molecular formula is C14H15ClN2O3S. The highest BCUT2D eigenvalue weighted by Crippen LogP contribution is 2.17. The first-order valence-corrected chi connectivity index (χ1v) is 8.09. The molecule has 0 saturated carbocycles. The molecule has 0 radical (unpaired) electrons. The van der Waals surface area contributed by atoms with Gasteiger partial charge < -0.3 is 5.11 Å². The number of nitrogens with zero attached hydrogens (tertiary/aromatic N) is 1. The molecule has 1 aromatic heterocycles. The maximum Gasteiger partial charge on any atom is 0.242 e. The molecule has 1 heterocycles. The first-order valence-electron chi connectivity index (χ1n) is 6.23. The molecule has 0 saturated heterocycles. The number of rotatable bonds is 5. The molecule has 0 aliphatic carbocycles. The van der Waals surface area contributed by atoms with Crippen molar-refractivity contribution in [2.45, 2.75) is 25.0 Å². The molecule has 2 N–H and O–H groups in total. The summed E-state index contributed by atoms with van der Waals surface area (Å²) in [6.07, 6.45) is 1.22. The Labute approximate surface area is 128 Å². The Balaban J connectivity index is 2.20. The molecule has 7 heteroatoms. The molecule has 0 unspecified atom stereocenters. The average Bonchev–Trinajstić information content (AvgIpc) is 2.48. The van der Waals surface area contributed by atoms with Crippen molar-refractivity contribution in [1.29, 1.82) is 0 Å². The van der Waals surface area contributed by atoms with Crippen molar-refractivity contribution in [3.8, 4) is 0 Å². The van der Waals surface area contributed by atoms with Crippen molar-refractivity contribution in [3.05, 3.63) is 58.4 Å². The second-order valence-electron chi connectivity index (χ2n) is 4.53. The van der Waals surface area contributed by atoms with E-state index in [0.29, 0.717) is 11.1 Å². The van der Waals surface area contributed by atoms with Crippen molar-refractivity contribution in [3.63, 3.8) is 0 Å². The van der Waals surface area contributed by atoms with E-state index in [0.717, 1.165) is 5.56 Å². The van der Waals surface area contributed by atoms with Gasteiger partial charge in [0.15, 0.2) is 0 Å². The standard InChI is InChI=1S/C14H15ClN2O3S/c1-10-6-13(8-16-14(10)15)21(19,20)17-7-11-4-2-3-5-12(11)9-18/h2-6,8,17-18H,7,9H2,1H3. The number of aliphatic hydroxyl groups excluding tert-OH is 1. The van der Waals surface area contributed by atoms with E-state index in [9.17, 15) is 13.5 Å². The zero-order valence-electron chi connectivity index (χ0n) is 11.4. The number of sulfonamides is 1. The van der Waals surface area contributed by atoms with Gasteiger partial charge in [0.2, 0.25) is 10.0 Å². The van der Waals surface area contributed by atoms with Crippen molar-refractivity contribution >= 4 is 21.6 Å². The average molecular weight is 327 g/mol. The number of nitrogens with one attached hydrogen (secondary N) is 1. The number of aliphatic hydroxyl groups is 1. The molecular weight excluding hydrogens is 312 g/mol. The zero-order valence-corrected chi connectivity index (χ0v) is 12.9. The Hall–Kier alpha value is -1.47. The van der Waals surface area contributed by atoms with Crippen LogP contribution in [0.15, 0.2) is 41.4 Å². The van der Waals surface area contributed by atoms with Crippen LogP contribution in [0.2, 0.25) is 5.15 Å². The van der Waals surface area contributed by atoms with E-state index in [1.54, 1.807) is 31.2 Å². The topological polar surface area (TPSA) is 79.3 Å². The molecule has 0 bridgehead atoms. The number of aromatic nitrogens is 1. The SMILES string of the molecule is Cc1cc(S(=O)(=O)NCc2ccccc2CO)cnc1Cl. The zero-order chi connectivity index (χ0) is 15.5. The molecule has 2 aromatic rings. The Morgan fingerprint density at radius 2 is 1.95 bits per heavy atom. The van der Waals surface area contributed by atoms with Crippen molar-refractivity contribution in [1.82, 2.24) is 9.71 Å². The van der Waals surface area contributed by atoms with Gasteiger partial charge in [0.25, 0.3) is 0 Å². The summed E-state index contributed by atoms with van der Waals surface area (Å²) in [5.74, 6) is 0. The van der Waals surface area contributed by atoms with Crippen LogP contribution in [-0.4, -0.2) is 18.5 Å². The smallest absolute Gasteiger partial charge is 0.242 e. The predicted molar refractivity (Wildman–Crippen MR) is 80.4 cm³/mol. The van der Waals surface area contributed by atoms with Crippen LogP contribution in [0.3, 0.4) is 0 Å². The van der Waals surface area contributed by atoms with Crippen LogP contribution in [0, 0.1) is 6.92 Å². The minimum absolute atomic E-state index is 0.0610. The maximum atomic E-state index is 12.2. The first-order chi connectivity index (χ1) is 9.94. The lowest BCUT2D eigenvalue weighted by atomic mass is 10.1. The molecule has 0 aliphatic rings. The highest BCUT2D eigenvalue weighted by atomic mass is 35.5. The van der Waals surface area contributed by atoms with Crippen LogP contribution in [0.25, 0.3) is 0 Å². The summed E-state index contributed by atoms with van der Waals surface area (Å²) < 4.78 is 26.9. The number of hydrogen-bond acceptors (Lipinski definition) is 4. The van der Waals surface area contributed by atoms with Crippen LogP contribution >= 0.6 is 11.6 Å². The number of aryl methyl sites for hydroxylation is 1. The van der Waals surface area contributed by atoms with E-state index in [1.807, 2.05) is 0 Å². The summed E-state index contributed by atoms with van der Waals surface area (Å²) in [5.41, 5.74) is 2.00. The Morgan fingerprint density at radius 1 is 1.29 bits per heavy atom. The summed E-state index contributed by atoms with van der Waals surface area (Å²) in [5, 5.41) is 9.51. The van der Waals surface area contributed by atoms with Crippen molar-refractivity contribution in [2.75, 3.05) is 0 Å². The maximum absolute atomic E-state index is 12.2. The summed E-state index contributed by atoms with van der Waals surface area (Å²) >= 11 is 5.79. The fraction of sp³-hybridized carbons (Fsp3) is 0.214. The number of hydrogen-bond donors (Lipinski definition) is 2. The lowest BCUT2D eigenvalue weighted by molar-refractivity contribution is 0.280. The monoisotopic (exact) mass is 326 g/mol. The van der Waals surface area contributed by atoms with Crippen molar-refractivity contribution < 1.29 is 13.5 Å². The van der Waals surface area contributed by atoms with E-state index >= 15 is 0 Å². The number of benzene rings is 1. The van der Waals surface area contributed by atoms with Gasteiger partial charge in [0.05, 0.1) is 6.61 Å². The molecule has 21 heavy (non-hydrogen) atoms. The van der Waals surface area contributed by atoms with Gasteiger partial charge in [-0.3, -0.25) is 0 Å². The predicted octanol–water partition coefficient (Wildman–Crippen LogP) is 2.01. The van der Waals surface area contributed by atoms with Gasteiger partial charge in [-0.25, -0.2) is 18.1 Å². The van der Waals surface area contributed by atoms with Gasteiger partial charge in [-0.15, -0.1) is 0 Å². The molecule has 0 aliphatic heterocycles. The minimum Gasteiger partial charge on any atom is -0.392 e. The Morgan fingerprint density at radius 3 is 2.57 bits per heavy atom.